The highest BCUT2D eigenvalue weighted by Gasteiger charge is 2.39. The molecule has 1 atom stereocenters. The van der Waals surface area contributed by atoms with E-state index in [9.17, 15) is 5.11 Å². The van der Waals surface area contributed by atoms with Crippen LogP contribution in [0.5, 0.6) is 0 Å². The lowest BCUT2D eigenvalue weighted by molar-refractivity contribution is -0.0999. The second-order valence-electron chi connectivity index (χ2n) is 6.20. The van der Waals surface area contributed by atoms with Gasteiger partial charge in [-0.15, -0.1) is 0 Å². The van der Waals surface area contributed by atoms with Crippen molar-refractivity contribution >= 4 is 0 Å². The highest BCUT2D eigenvalue weighted by Crippen LogP contribution is 2.42. The van der Waals surface area contributed by atoms with Gasteiger partial charge in [0.15, 0.2) is 0 Å². The number of hydrogen-bond donors (Lipinski definition) is 1. The number of ether oxygens (including phenoxy) is 1. The highest BCUT2D eigenvalue weighted by molar-refractivity contribution is 5.35. The molecule has 0 spiro atoms. The fraction of sp³-hybridized carbons (Fsp3) is 0.647. The first kappa shape index (κ1) is 13.1. The summed E-state index contributed by atoms with van der Waals surface area (Å²) in [6.07, 6.45) is 8.73. The monoisotopic (exact) mass is 260 g/mol. The summed E-state index contributed by atoms with van der Waals surface area (Å²) < 4.78 is 5.62. The smallest absolute Gasteiger partial charge is 0.0817 e. The van der Waals surface area contributed by atoms with Crippen molar-refractivity contribution in [2.75, 3.05) is 7.11 Å². The van der Waals surface area contributed by atoms with Crippen LogP contribution < -0.4 is 0 Å². The van der Waals surface area contributed by atoms with Gasteiger partial charge in [0, 0.05) is 13.5 Å². The zero-order valence-corrected chi connectivity index (χ0v) is 11.8. The van der Waals surface area contributed by atoms with Crippen LogP contribution in [-0.2, 0) is 17.6 Å². The Kier molecular flexibility index (Phi) is 3.64. The average molecular weight is 260 g/mol. The summed E-state index contributed by atoms with van der Waals surface area (Å²) in [5.74, 6) is 0. The van der Waals surface area contributed by atoms with Crippen LogP contribution in [0.4, 0.5) is 0 Å². The Balaban J connectivity index is 1.74. The van der Waals surface area contributed by atoms with Crippen molar-refractivity contribution in [3.63, 3.8) is 0 Å². The summed E-state index contributed by atoms with van der Waals surface area (Å²) in [6.45, 7) is 0. The Labute approximate surface area is 115 Å². The molecule has 2 aliphatic carbocycles. The van der Waals surface area contributed by atoms with E-state index in [0.29, 0.717) is 0 Å². The first-order chi connectivity index (χ1) is 9.22. The van der Waals surface area contributed by atoms with Gasteiger partial charge in [-0.2, -0.15) is 0 Å². The van der Waals surface area contributed by atoms with Crippen LogP contribution in [0.2, 0.25) is 0 Å². The van der Waals surface area contributed by atoms with Crippen LogP contribution in [0, 0.1) is 0 Å². The van der Waals surface area contributed by atoms with Gasteiger partial charge in [-0.25, -0.2) is 0 Å². The molecule has 1 unspecified atom stereocenters. The molecule has 1 N–H and O–H groups in total. The molecule has 2 aliphatic rings. The number of hydrogen-bond acceptors (Lipinski definition) is 2. The van der Waals surface area contributed by atoms with Crippen LogP contribution in [0.25, 0.3) is 0 Å². The first-order valence-corrected chi connectivity index (χ1v) is 7.57. The Hall–Kier alpha value is -0.860. The first-order valence-electron chi connectivity index (χ1n) is 7.57. The maximum atomic E-state index is 10.5. The molecule has 0 saturated heterocycles. The second kappa shape index (κ2) is 5.26. The predicted octanol–water partition coefficient (Wildman–Crippen LogP) is 3.56. The van der Waals surface area contributed by atoms with E-state index in [1.165, 1.54) is 43.2 Å². The van der Waals surface area contributed by atoms with Gasteiger partial charge >= 0.3 is 0 Å². The third-order valence-corrected chi connectivity index (χ3v) is 5.02. The molecular weight excluding hydrogens is 236 g/mol. The minimum absolute atomic E-state index is 0.0602. The zero-order valence-electron chi connectivity index (χ0n) is 11.8. The van der Waals surface area contributed by atoms with E-state index >= 15 is 0 Å². The summed E-state index contributed by atoms with van der Waals surface area (Å²) >= 11 is 0. The summed E-state index contributed by atoms with van der Waals surface area (Å²) in [4.78, 5) is 0. The molecule has 0 radical (unpaired) electrons. The number of aryl methyl sites for hydroxylation is 2. The lowest BCUT2D eigenvalue weighted by Gasteiger charge is -2.42. The summed E-state index contributed by atoms with van der Waals surface area (Å²) in [7, 11) is 1.78. The van der Waals surface area contributed by atoms with E-state index in [1.807, 2.05) is 0 Å². The van der Waals surface area contributed by atoms with Crippen LogP contribution in [0.3, 0.4) is 0 Å². The van der Waals surface area contributed by atoms with Crippen molar-refractivity contribution in [3.8, 4) is 0 Å². The van der Waals surface area contributed by atoms with E-state index < -0.39 is 0 Å². The number of fused-ring (bicyclic) bond motifs is 1. The number of aliphatic hydroxyl groups is 1. The van der Waals surface area contributed by atoms with Gasteiger partial charge in [0.2, 0.25) is 0 Å². The van der Waals surface area contributed by atoms with Gasteiger partial charge in [-0.05, 0) is 61.6 Å². The standard InChI is InChI=1S/C17H24O2/c1-19-17(9-4-10-17)12-16(18)15-8-7-13-5-2-3-6-14(13)11-15/h7-8,11,16,18H,2-6,9-10,12H2,1H3. The van der Waals surface area contributed by atoms with Crippen molar-refractivity contribution in [2.24, 2.45) is 0 Å². The molecule has 1 aromatic rings. The minimum Gasteiger partial charge on any atom is -0.388 e. The van der Waals surface area contributed by atoms with Crippen molar-refractivity contribution in [3.05, 3.63) is 34.9 Å². The van der Waals surface area contributed by atoms with Crippen molar-refractivity contribution in [1.29, 1.82) is 0 Å². The Morgan fingerprint density at radius 1 is 1.16 bits per heavy atom. The third-order valence-electron chi connectivity index (χ3n) is 5.02. The van der Waals surface area contributed by atoms with Crippen LogP contribution in [0.15, 0.2) is 18.2 Å². The normalized spacial score (nSPS) is 22.4. The topological polar surface area (TPSA) is 29.5 Å². The number of methoxy groups -OCH3 is 1. The highest BCUT2D eigenvalue weighted by atomic mass is 16.5. The molecule has 1 aromatic carbocycles. The Morgan fingerprint density at radius 2 is 1.89 bits per heavy atom. The molecule has 0 bridgehead atoms. The fourth-order valence-electron chi connectivity index (χ4n) is 3.49. The van der Waals surface area contributed by atoms with Crippen molar-refractivity contribution < 1.29 is 9.84 Å². The summed E-state index contributed by atoms with van der Waals surface area (Å²) in [6, 6.07) is 6.55. The summed E-state index contributed by atoms with van der Waals surface area (Å²) in [5.41, 5.74) is 3.94. The molecule has 104 valence electrons. The van der Waals surface area contributed by atoms with Gasteiger partial charge in [-0.1, -0.05) is 18.2 Å². The molecular formula is C17H24O2. The van der Waals surface area contributed by atoms with E-state index in [-0.39, 0.29) is 11.7 Å². The molecule has 0 amide bonds. The van der Waals surface area contributed by atoms with E-state index in [4.69, 9.17) is 4.74 Å². The lowest BCUT2D eigenvalue weighted by Crippen LogP contribution is -2.40. The molecule has 1 fully saturated rings. The molecule has 19 heavy (non-hydrogen) atoms. The van der Waals surface area contributed by atoms with E-state index in [2.05, 4.69) is 18.2 Å². The van der Waals surface area contributed by atoms with E-state index in [0.717, 1.165) is 24.8 Å². The van der Waals surface area contributed by atoms with Gasteiger partial charge in [-0.3, -0.25) is 0 Å². The largest absolute Gasteiger partial charge is 0.388 e. The molecule has 3 rings (SSSR count). The molecule has 0 aliphatic heterocycles. The zero-order chi connectivity index (χ0) is 13.3. The predicted molar refractivity (Wildman–Crippen MR) is 76.3 cm³/mol. The maximum absolute atomic E-state index is 10.5. The van der Waals surface area contributed by atoms with Crippen LogP contribution in [0.1, 0.15) is 61.3 Å². The van der Waals surface area contributed by atoms with Crippen molar-refractivity contribution in [1.82, 2.24) is 0 Å². The molecule has 2 nitrogen and oxygen atoms in total. The summed E-state index contributed by atoms with van der Waals surface area (Å²) in [5, 5.41) is 10.5. The SMILES string of the molecule is COC1(CC(O)c2ccc3c(c2)CCCC3)CCC1. The van der Waals surface area contributed by atoms with Gasteiger partial charge < -0.3 is 9.84 Å². The molecule has 0 aromatic heterocycles. The lowest BCUT2D eigenvalue weighted by atomic mass is 9.75. The van der Waals surface area contributed by atoms with Gasteiger partial charge in [0.05, 0.1) is 11.7 Å². The van der Waals surface area contributed by atoms with Crippen LogP contribution in [-0.4, -0.2) is 17.8 Å². The molecule has 0 heterocycles. The number of rotatable bonds is 4. The Bertz CT molecular complexity index is 443. The number of aliphatic hydroxyl groups excluding tert-OH is 1. The van der Waals surface area contributed by atoms with Gasteiger partial charge in [0.25, 0.3) is 0 Å². The number of benzene rings is 1. The fourth-order valence-corrected chi connectivity index (χ4v) is 3.49. The molecule has 1 saturated carbocycles. The maximum Gasteiger partial charge on any atom is 0.0817 e. The van der Waals surface area contributed by atoms with Gasteiger partial charge in [0.1, 0.15) is 0 Å². The Morgan fingerprint density at radius 3 is 2.53 bits per heavy atom. The molecule has 2 heteroatoms. The average Bonchev–Trinajstić information content (AvgIpc) is 2.42. The van der Waals surface area contributed by atoms with Crippen molar-refractivity contribution in [2.45, 2.75) is 63.1 Å². The second-order valence-corrected chi connectivity index (χ2v) is 6.20. The third kappa shape index (κ3) is 2.56. The minimum atomic E-state index is -0.382. The van der Waals surface area contributed by atoms with Crippen LogP contribution >= 0.6 is 0 Å². The van der Waals surface area contributed by atoms with E-state index in [1.54, 1.807) is 7.11 Å². The quantitative estimate of drug-likeness (QED) is 0.897.